The van der Waals surface area contributed by atoms with Crippen LogP contribution in [0.25, 0.3) is 22.6 Å². The summed E-state index contributed by atoms with van der Waals surface area (Å²) in [5.74, 6) is -1.10. The molecule has 4 N–H and O–H groups in total. The molecule has 0 aromatic heterocycles. The maximum Gasteiger partial charge on any atom is 0.335 e. The highest BCUT2D eigenvalue weighted by Crippen LogP contribution is 2.29. The minimum Gasteiger partial charge on any atom is -0.479 e. The van der Waals surface area contributed by atoms with Crippen molar-refractivity contribution in [3.8, 4) is 17.2 Å². The zero-order valence-electron chi connectivity index (χ0n) is 14.1. The number of fused-ring (bicyclic) bond motifs is 2. The standard InChI is InChI=1S/C18H15NO9/c20-7-1-3-9-11(5-7)27-12-6-8(2-4-10(12)19-9)26-18-15(23)13(21)14(22)16(28-18)17(24)25/h1-6,13-16,18,21-23H,(H,24,25). The third kappa shape index (κ3) is 3.18. The van der Waals surface area contributed by atoms with Gasteiger partial charge in [-0.25, -0.2) is 9.78 Å². The zero-order chi connectivity index (χ0) is 20.0. The second-order valence-electron chi connectivity index (χ2n) is 6.33. The Kier molecular flexibility index (Phi) is 4.47. The van der Waals surface area contributed by atoms with E-state index in [1.807, 2.05) is 0 Å². The molecule has 2 heterocycles. The Bertz CT molecular complexity index is 1060. The van der Waals surface area contributed by atoms with Crippen molar-refractivity contribution in [1.82, 2.24) is 4.98 Å². The topological polar surface area (TPSA) is 160 Å². The number of aliphatic hydroxyl groups excluding tert-OH is 3. The van der Waals surface area contributed by atoms with Gasteiger partial charge in [0.15, 0.2) is 22.9 Å². The molecule has 10 heteroatoms. The number of hydrogen-bond donors (Lipinski definition) is 4. The van der Waals surface area contributed by atoms with Crippen molar-refractivity contribution in [2.24, 2.45) is 0 Å². The lowest BCUT2D eigenvalue weighted by atomic mass is 9.99. The molecule has 1 fully saturated rings. The number of rotatable bonds is 3. The largest absolute Gasteiger partial charge is 0.479 e. The summed E-state index contributed by atoms with van der Waals surface area (Å²) in [6.07, 6.45) is -8.58. The Hall–Kier alpha value is -3.05. The van der Waals surface area contributed by atoms with Crippen LogP contribution in [0.5, 0.6) is 5.75 Å². The molecule has 0 bridgehead atoms. The van der Waals surface area contributed by atoms with Gasteiger partial charge in [0.05, 0.1) is 0 Å². The van der Waals surface area contributed by atoms with Gasteiger partial charge in [0.1, 0.15) is 35.3 Å². The van der Waals surface area contributed by atoms with Gasteiger partial charge in [-0.1, -0.05) is 0 Å². The van der Waals surface area contributed by atoms with E-state index in [4.69, 9.17) is 19.0 Å². The van der Waals surface area contributed by atoms with Gasteiger partial charge in [0, 0.05) is 12.1 Å². The molecule has 0 saturated carbocycles. The molecule has 146 valence electrons. The summed E-state index contributed by atoms with van der Waals surface area (Å²) in [7, 11) is 0. The van der Waals surface area contributed by atoms with Crippen LogP contribution in [0, 0.1) is 0 Å². The Balaban J connectivity index is 1.65. The summed E-state index contributed by atoms with van der Waals surface area (Å²) < 4.78 is 16.2. The SMILES string of the molecule is O=C(O)C1OC(Oc2ccc3nc4ccc(=O)cc-4oc3c2)C(O)C(O)C1O. The van der Waals surface area contributed by atoms with E-state index in [-0.39, 0.29) is 22.5 Å². The van der Waals surface area contributed by atoms with E-state index < -0.39 is 36.7 Å². The molecule has 1 aromatic rings. The number of carbonyl (C=O) groups is 1. The number of ether oxygens (including phenoxy) is 2. The maximum absolute atomic E-state index is 11.5. The van der Waals surface area contributed by atoms with Crippen molar-refractivity contribution in [3.05, 3.63) is 46.6 Å². The van der Waals surface area contributed by atoms with E-state index in [0.29, 0.717) is 11.2 Å². The number of carboxylic acid groups (broad SMARTS) is 1. The fourth-order valence-electron chi connectivity index (χ4n) is 2.94. The second-order valence-corrected chi connectivity index (χ2v) is 6.33. The average molecular weight is 389 g/mol. The van der Waals surface area contributed by atoms with Gasteiger partial charge in [-0.05, 0) is 24.3 Å². The molecule has 5 atom stereocenters. The number of aliphatic hydroxyl groups is 3. The molecule has 0 radical (unpaired) electrons. The van der Waals surface area contributed by atoms with E-state index in [0.717, 1.165) is 0 Å². The first kappa shape index (κ1) is 18.3. The maximum atomic E-state index is 11.5. The van der Waals surface area contributed by atoms with E-state index in [1.165, 1.54) is 30.3 Å². The predicted octanol–water partition coefficient (Wildman–Crippen LogP) is -0.436. The molecule has 28 heavy (non-hydrogen) atoms. The third-order valence-corrected chi connectivity index (χ3v) is 4.39. The molecule has 3 aliphatic rings. The van der Waals surface area contributed by atoms with E-state index >= 15 is 0 Å². The quantitative estimate of drug-likeness (QED) is 0.433. The molecule has 1 aliphatic carbocycles. The third-order valence-electron chi connectivity index (χ3n) is 4.39. The van der Waals surface area contributed by atoms with Crippen LogP contribution in [0.15, 0.2) is 45.6 Å². The van der Waals surface area contributed by atoms with Crippen LogP contribution in [0.3, 0.4) is 0 Å². The number of aromatic nitrogens is 1. The molecule has 0 spiro atoms. The summed E-state index contributed by atoms with van der Waals surface area (Å²) in [5, 5.41) is 38.7. The van der Waals surface area contributed by atoms with E-state index in [2.05, 4.69) is 4.98 Å². The first-order chi connectivity index (χ1) is 13.3. The Morgan fingerprint density at radius 1 is 1.04 bits per heavy atom. The van der Waals surface area contributed by atoms with Crippen molar-refractivity contribution in [1.29, 1.82) is 0 Å². The zero-order valence-corrected chi connectivity index (χ0v) is 14.1. The molecular formula is C18H15NO9. The summed E-state index contributed by atoms with van der Waals surface area (Å²) in [4.78, 5) is 27.0. The number of hydrogen-bond acceptors (Lipinski definition) is 9. The molecule has 0 amide bonds. The van der Waals surface area contributed by atoms with Gasteiger partial charge < -0.3 is 34.3 Å². The van der Waals surface area contributed by atoms with Gasteiger partial charge >= 0.3 is 5.97 Å². The van der Waals surface area contributed by atoms with Crippen LogP contribution in [-0.4, -0.2) is 62.1 Å². The second kappa shape index (κ2) is 6.84. The van der Waals surface area contributed by atoms with Crippen molar-refractivity contribution in [3.63, 3.8) is 0 Å². The number of benzene rings is 2. The molecule has 10 nitrogen and oxygen atoms in total. The molecule has 1 saturated heterocycles. The van der Waals surface area contributed by atoms with E-state index in [1.54, 1.807) is 6.07 Å². The fourth-order valence-corrected chi connectivity index (χ4v) is 2.94. The molecule has 1 aromatic carbocycles. The van der Waals surface area contributed by atoms with E-state index in [9.17, 15) is 24.9 Å². The van der Waals surface area contributed by atoms with Crippen LogP contribution < -0.4 is 10.2 Å². The summed E-state index contributed by atoms with van der Waals surface area (Å²) >= 11 is 0. The highest BCUT2D eigenvalue weighted by molar-refractivity contribution is 5.77. The number of nitrogens with zero attached hydrogens (tertiary/aromatic N) is 1. The molecule has 5 unspecified atom stereocenters. The Labute approximate surface area is 156 Å². The van der Waals surface area contributed by atoms with Crippen LogP contribution in [0.1, 0.15) is 0 Å². The molecular weight excluding hydrogens is 374 g/mol. The van der Waals surface area contributed by atoms with Gasteiger partial charge in [0.2, 0.25) is 6.29 Å². The molecule has 4 rings (SSSR count). The number of aliphatic carboxylic acids is 1. The minimum atomic E-state index is -1.81. The lowest BCUT2D eigenvalue weighted by molar-refractivity contribution is -0.271. The van der Waals surface area contributed by atoms with Crippen molar-refractivity contribution < 1.29 is 39.1 Å². The summed E-state index contributed by atoms with van der Waals surface area (Å²) in [5.41, 5.74) is 1.00. The van der Waals surface area contributed by atoms with Gasteiger partial charge in [-0.15, -0.1) is 0 Å². The Morgan fingerprint density at radius 3 is 2.57 bits per heavy atom. The van der Waals surface area contributed by atoms with Gasteiger partial charge in [0.25, 0.3) is 0 Å². The first-order valence-corrected chi connectivity index (χ1v) is 8.27. The first-order valence-electron chi connectivity index (χ1n) is 8.27. The van der Waals surface area contributed by atoms with Crippen molar-refractivity contribution >= 4 is 17.1 Å². The normalized spacial score (nSPS) is 27.8. The van der Waals surface area contributed by atoms with Crippen molar-refractivity contribution in [2.75, 3.05) is 0 Å². The van der Waals surface area contributed by atoms with Crippen LogP contribution in [0.2, 0.25) is 0 Å². The highest BCUT2D eigenvalue weighted by Gasteiger charge is 2.48. The Morgan fingerprint density at radius 2 is 1.82 bits per heavy atom. The smallest absolute Gasteiger partial charge is 0.335 e. The van der Waals surface area contributed by atoms with Crippen molar-refractivity contribution in [2.45, 2.75) is 30.7 Å². The van der Waals surface area contributed by atoms with Crippen LogP contribution in [-0.2, 0) is 9.53 Å². The highest BCUT2D eigenvalue weighted by atomic mass is 16.7. The predicted molar refractivity (Wildman–Crippen MR) is 91.8 cm³/mol. The summed E-state index contributed by atoms with van der Waals surface area (Å²) in [6.45, 7) is 0. The van der Waals surface area contributed by atoms with Crippen LogP contribution in [0.4, 0.5) is 0 Å². The monoisotopic (exact) mass is 389 g/mol. The van der Waals surface area contributed by atoms with Gasteiger partial charge in [-0.2, -0.15) is 0 Å². The molecule has 2 aliphatic heterocycles. The average Bonchev–Trinajstić information content (AvgIpc) is 2.66. The minimum absolute atomic E-state index is 0.132. The number of carboxylic acids is 1. The lowest BCUT2D eigenvalue weighted by Crippen LogP contribution is -2.61. The van der Waals surface area contributed by atoms with Gasteiger partial charge in [-0.3, -0.25) is 4.79 Å². The lowest BCUT2D eigenvalue weighted by Gasteiger charge is -2.38. The summed E-state index contributed by atoms with van der Waals surface area (Å²) in [6, 6.07) is 8.67. The van der Waals surface area contributed by atoms with Crippen LogP contribution >= 0.6 is 0 Å². The fraction of sp³-hybridized carbons (Fsp3) is 0.278.